The number of carbonyl (C=O) groups excluding carboxylic acids is 1. The second-order valence-electron chi connectivity index (χ2n) is 6.07. The third-order valence-electron chi connectivity index (χ3n) is 4.29. The van der Waals surface area contributed by atoms with Crippen LogP contribution in [0.4, 0.5) is 18.9 Å². The number of benzene rings is 1. The van der Waals surface area contributed by atoms with Gasteiger partial charge in [-0.15, -0.1) is 0 Å². The normalized spacial score (nSPS) is 18.6. The van der Waals surface area contributed by atoms with Gasteiger partial charge in [0.15, 0.2) is 0 Å². The molecule has 0 radical (unpaired) electrons. The number of alkyl halides is 3. The van der Waals surface area contributed by atoms with Crippen molar-refractivity contribution in [2.75, 3.05) is 11.9 Å². The van der Waals surface area contributed by atoms with Gasteiger partial charge in [0.05, 0.1) is 21.8 Å². The van der Waals surface area contributed by atoms with Crippen LogP contribution in [0.3, 0.4) is 0 Å². The highest BCUT2D eigenvalue weighted by atomic mass is 32.2. The van der Waals surface area contributed by atoms with Gasteiger partial charge in [-0.2, -0.15) is 21.9 Å². The molecule has 27 heavy (non-hydrogen) atoms. The third kappa shape index (κ3) is 3.85. The lowest BCUT2D eigenvalue weighted by Gasteiger charge is -2.24. The molecular formula is C16H16F3N3O3S2. The van der Waals surface area contributed by atoms with E-state index in [4.69, 9.17) is 0 Å². The molecule has 0 bridgehead atoms. The molecular weight excluding hydrogens is 403 g/mol. The van der Waals surface area contributed by atoms with Gasteiger partial charge in [-0.05, 0) is 43.4 Å². The summed E-state index contributed by atoms with van der Waals surface area (Å²) in [5, 5.41) is 4.22. The number of halogens is 3. The maximum Gasteiger partial charge on any atom is 0.417 e. The van der Waals surface area contributed by atoms with Gasteiger partial charge in [0.1, 0.15) is 6.04 Å². The summed E-state index contributed by atoms with van der Waals surface area (Å²) in [5.74, 6) is -0.580. The van der Waals surface area contributed by atoms with Gasteiger partial charge in [0.25, 0.3) is 0 Å². The van der Waals surface area contributed by atoms with Crippen LogP contribution in [0, 0.1) is 6.92 Å². The Morgan fingerprint density at radius 3 is 2.67 bits per heavy atom. The largest absolute Gasteiger partial charge is 0.417 e. The predicted octanol–water partition coefficient (Wildman–Crippen LogP) is 3.26. The molecule has 1 atom stereocenters. The smallest absolute Gasteiger partial charge is 0.322 e. The summed E-state index contributed by atoms with van der Waals surface area (Å²) in [4.78, 5) is 11.7. The number of hydrogen-bond donors (Lipinski definition) is 1. The summed E-state index contributed by atoms with van der Waals surface area (Å²) in [6.07, 6.45) is -4.21. The molecule has 1 aliphatic rings. The molecule has 0 aliphatic carbocycles. The number of carbonyl (C=O) groups is 1. The van der Waals surface area contributed by atoms with Crippen molar-refractivity contribution in [3.63, 3.8) is 0 Å². The SMILES string of the molecule is Cc1nscc1NC(=O)C1CCCN1S(=O)(=O)c1ccccc1C(F)(F)F. The first-order chi connectivity index (χ1) is 12.6. The van der Waals surface area contributed by atoms with Gasteiger partial charge in [-0.1, -0.05) is 12.1 Å². The Kier molecular flexibility index (Phi) is 5.28. The highest BCUT2D eigenvalue weighted by molar-refractivity contribution is 7.89. The Hall–Kier alpha value is -1.98. The van der Waals surface area contributed by atoms with E-state index in [1.807, 2.05) is 0 Å². The van der Waals surface area contributed by atoms with Gasteiger partial charge in [0, 0.05) is 11.9 Å². The lowest BCUT2D eigenvalue weighted by molar-refractivity contribution is -0.139. The molecule has 1 aromatic heterocycles. The fraction of sp³-hybridized carbons (Fsp3) is 0.375. The lowest BCUT2D eigenvalue weighted by atomic mass is 10.2. The van der Waals surface area contributed by atoms with Crippen LogP contribution in [-0.2, 0) is 21.0 Å². The molecule has 1 amide bonds. The Morgan fingerprint density at radius 2 is 2.04 bits per heavy atom. The number of nitrogens with zero attached hydrogens (tertiary/aromatic N) is 2. The summed E-state index contributed by atoms with van der Waals surface area (Å²) in [7, 11) is -4.50. The molecule has 1 saturated heterocycles. The van der Waals surface area contributed by atoms with Crippen molar-refractivity contribution in [1.82, 2.24) is 8.68 Å². The average Bonchev–Trinajstić information content (AvgIpc) is 3.24. The highest BCUT2D eigenvalue weighted by Gasteiger charge is 2.44. The molecule has 1 aromatic carbocycles. The summed E-state index contributed by atoms with van der Waals surface area (Å²) in [5.41, 5.74) is -0.193. The molecule has 146 valence electrons. The Bertz CT molecular complexity index is 957. The zero-order valence-corrected chi connectivity index (χ0v) is 15.8. The van der Waals surface area contributed by atoms with Crippen LogP contribution in [0.15, 0.2) is 34.5 Å². The molecule has 6 nitrogen and oxygen atoms in total. The molecule has 11 heteroatoms. The summed E-state index contributed by atoms with van der Waals surface area (Å²) < 4.78 is 70.5. The van der Waals surface area contributed by atoms with Crippen LogP contribution >= 0.6 is 11.5 Å². The highest BCUT2D eigenvalue weighted by Crippen LogP contribution is 2.37. The Balaban J connectivity index is 1.93. The minimum absolute atomic E-state index is 0.0204. The van der Waals surface area contributed by atoms with Gasteiger partial charge in [-0.3, -0.25) is 4.79 Å². The second-order valence-corrected chi connectivity index (χ2v) is 8.56. The van der Waals surface area contributed by atoms with Crippen LogP contribution in [0.25, 0.3) is 0 Å². The van der Waals surface area contributed by atoms with Crippen LogP contribution in [0.5, 0.6) is 0 Å². The molecule has 2 aromatic rings. The zero-order chi connectivity index (χ0) is 19.8. The van der Waals surface area contributed by atoms with Crippen LogP contribution in [-0.4, -0.2) is 35.6 Å². The third-order valence-corrected chi connectivity index (χ3v) is 6.98. The summed E-state index contributed by atoms with van der Waals surface area (Å²) in [6.45, 7) is 1.67. The van der Waals surface area contributed by atoms with Crippen LogP contribution in [0.2, 0.25) is 0 Å². The predicted molar refractivity (Wildman–Crippen MR) is 93.8 cm³/mol. The van der Waals surface area contributed by atoms with Crippen molar-refractivity contribution in [2.24, 2.45) is 0 Å². The number of nitrogens with one attached hydrogen (secondary N) is 1. The van der Waals surface area contributed by atoms with Crippen molar-refractivity contribution < 1.29 is 26.4 Å². The molecule has 1 fully saturated rings. The molecule has 3 rings (SSSR count). The van der Waals surface area contributed by atoms with Crippen LogP contribution in [0.1, 0.15) is 24.1 Å². The molecule has 1 unspecified atom stereocenters. The number of aromatic nitrogens is 1. The van der Waals surface area contributed by atoms with Gasteiger partial charge in [0.2, 0.25) is 15.9 Å². The number of anilines is 1. The number of rotatable bonds is 4. The lowest BCUT2D eigenvalue weighted by Crippen LogP contribution is -2.43. The number of hydrogen-bond acceptors (Lipinski definition) is 5. The van der Waals surface area contributed by atoms with E-state index in [0.29, 0.717) is 17.8 Å². The van der Waals surface area contributed by atoms with Crippen molar-refractivity contribution in [1.29, 1.82) is 0 Å². The van der Waals surface area contributed by atoms with Crippen molar-refractivity contribution in [3.8, 4) is 0 Å². The second kappa shape index (κ2) is 7.21. The van der Waals surface area contributed by atoms with E-state index in [1.54, 1.807) is 12.3 Å². The standard InChI is InChI=1S/C16H16F3N3O3S2/c1-10-12(9-26-21-10)20-15(23)13-6-4-8-22(13)27(24,25)14-7-3-2-5-11(14)16(17,18)19/h2-3,5,7,9,13H,4,6,8H2,1H3,(H,20,23). The minimum atomic E-state index is -4.82. The first kappa shape index (κ1) is 19.8. The van der Waals surface area contributed by atoms with E-state index in [0.717, 1.165) is 34.0 Å². The van der Waals surface area contributed by atoms with Gasteiger partial charge < -0.3 is 5.32 Å². The van der Waals surface area contributed by atoms with Gasteiger partial charge in [-0.25, -0.2) is 8.42 Å². The maximum atomic E-state index is 13.2. The molecule has 0 spiro atoms. The van der Waals surface area contributed by atoms with Crippen molar-refractivity contribution in [2.45, 2.75) is 36.9 Å². The van der Waals surface area contributed by atoms with Crippen LogP contribution < -0.4 is 5.32 Å². The number of aryl methyl sites for hydroxylation is 1. The van der Waals surface area contributed by atoms with E-state index < -0.39 is 38.6 Å². The van der Waals surface area contributed by atoms with E-state index in [2.05, 4.69) is 9.69 Å². The fourth-order valence-corrected chi connectivity index (χ4v) is 5.49. The van der Waals surface area contributed by atoms with Crippen molar-refractivity contribution >= 4 is 33.2 Å². The van der Waals surface area contributed by atoms with E-state index in [-0.39, 0.29) is 13.0 Å². The molecule has 1 N–H and O–H groups in total. The summed E-state index contributed by atoms with van der Waals surface area (Å²) in [6, 6.07) is 2.92. The van der Waals surface area contributed by atoms with Gasteiger partial charge >= 0.3 is 6.18 Å². The molecule has 1 aliphatic heterocycles. The quantitative estimate of drug-likeness (QED) is 0.825. The maximum absolute atomic E-state index is 13.2. The van der Waals surface area contributed by atoms with Crippen molar-refractivity contribution in [3.05, 3.63) is 40.9 Å². The monoisotopic (exact) mass is 419 g/mol. The first-order valence-electron chi connectivity index (χ1n) is 8.02. The van der Waals surface area contributed by atoms with E-state index in [1.165, 1.54) is 6.07 Å². The summed E-state index contributed by atoms with van der Waals surface area (Å²) >= 11 is 1.14. The number of sulfonamides is 1. The van der Waals surface area contributed by atoms with E-state index in [9.17, 15) is 26.4 Å². The minimum Gasteiger partial charge on any atom is -0.322 e. The number of amides is 1. The fourth-order valence-electron chi connectivity index (χ4n) is 2.97. The average molecular weight is 419 g/mol. The van der Waals surface area contributed by atoms with E-state index >= 15 is 0 Å². The molecule has 2 heterocycles. The topological polar surface area (TPSA) is 79.4 Å². The molecule has 0 saturated carbocycles. The zero-order valence-electron chi connectivity index (χ0n) is 14.2. The first-order valence-corrected chi connectivity index (χ1v) is 10.3. The Morgan fingerprint density at radius 1 is 1.33 bits per heavy atom. The Labute approximate surface area is 158 Å².